The monoisotopic (exact) mass is 276 g/mol. The number of amides is 1. The van der Waals surface area contributed by atoms with Gasteiger partial charge in [-0.15, -0.1) is 0 Å². The summed E-state index contributed by atoms with van der Waals surface area (Å²) in [6.45, 7) is -3.00. The van der Waals surface area contributed by atoms with Gasteiger partial charge in [-0.2, -0.15) is 0 Å². The number of aliphatic hydroxyl groups excluding tert-OH is 3. The molecule has 6 N–H and O–H groups in total. The van der Waals surface area contributed by atoms with E-state index < -0.39 is 39.3 Å². The van der Waals surface area contributed by atoms with Gasteiger partial charge in [0.15, 0.2) is 0 Å². The van der Waals surface area contributed by atoms with E-state index in [9.17, 15) is 24.7 Å². The minimum Gasteiger partial charge on any atom is -0.388 e. The molecule has 0 spiro atoms. The third-order valence-corrected chi connectivity index (χ3v) is 2.06. The van der Waals surface area contributed by atoms with Crippen molar-refractivity contribution in [3.05, 3.63) is 0 Å². The molecular formula is C6H14NO9P. The molecule has 0 radical (unpaired) electrons. The predicted octanol–water partition coefficient (Wildman–Crippen LogP) is -2.97. The lowest BCUT2D eigenvalue weighted by Gasteiger charge is -2.24. The first-order chi connectivity index (χ1) is 8.10. The number of hydroxylamine groups is 2. The maximum absolute atomic E-state index is 10.3. The van der Waals surface area contributed by atoms with E-state index >= 15 is 0 Å². The molecule has 0 aliphatic carbocycles. The summed E-state index contributed by atoms with van der Waals surface area (Å²) in [6, 6.07) is 0. The number of aliphatic hydroxyl groups is 3. The van der Waals surface area contributed by atoms with E-state index in [4.69, 9.17) is 16.4 Å². The van der Waals surface area contributed by atoms with Gasteiger partial charge in [-0.05, 0) is 0 Å². The van der Waals surface area contributed by atoms with Crippen LogP contribution in [-0.2, 0) is 13.9 Å². The van der Waals surface area contributed by atoms with E-state index in [-0.39, 0.29) is 11.5 Å². The van der Waals surface area contributed by atoms with E-state index in [1.165, 1.54) is 0 Å². The maximum Gasteiger partial charge on any atom is 0.469 e. The van der Waals surface area contributed by atoms with Crippen molar-refractivity contribution >= 4 is 14.2 Å². The Hall–Kier alpha value is -0.580. The summed E-state index contributed by atoms with van der Waals surface area (Å²) in [6.07, 6.45) is -6.27. The Balaban J connectivity index is 4.40. The number of hydrogen-bond acceptors (Lipinski definition) is 7. The molecule has 0 aliphatic rings. The van der Waals surface area contributed by atoms with Crippen LogP contribution in [0.2, 0.25) is 0 Å². The van der Waals surface area contributed by atoms with Gasteiger partial charge >= 0.3 is 7.82 Å². The zero-order chi connectivity index (χ0) is 14.5. The first-order valence-electron chi connectivity index (χ1n) is 4.77. The fourth-order valence-corrected chi connectivity index (χ4v) is 1.13. The number of phosphoric ester groups is 1. The smallest absolute Gasteiger partial charge is 0.388 e. The van der Waals surface area contributed by atoms with Crippen molar-refractivity contribution in [2.45, 2.75) is 18.3 Å². The molecule has 0 heterocycles. The molecule has 0 aliphatic heterocycles. The van der Waals surface area contributed by atoms with Crippen molar-refractivity contribution in [3.8, 4) is 0 Å². The summed E-state index contributed by atoms with van der Waals surface area (Å²) >= 11 is 0. The van der Waals surface area contributed by atoms with Crippen LogP contribution in [0.1, 0.15) is 1.37 Å². The second-order valence-electron chi connectivity index (χ2n) is 2.97. The molecule has 0 rings (SSSR count). The van der Waals surface area contributed by atoms with Crippen molar-refractivity contribution in [1.82, 2.24) is 5.06 Å². The number of rotatable bonds is 8. The zero-order valence-electron chi connectivity index (χ0n) is 9.40. The summed E-state index contributed by atoms with van der Waals surface area (Å²) in [5.41, 5.74) is 0. The van der Waals surface area contributed by atoms with Gasteiger partial charge in [0.25, 0.3) is 0 Å². The highest BCUT2D eigenvalue weighted by Crippen LogP contribution is 2.35. The molecule has 0 aromatic rings. The molecular weight excluding hydrogens is 261 g/mol. The van der Waals surface area contributed by atoms with Crippen molar-refractivity contribution in [1.29, 1.82) is 0 Å². The van der Waals surface area contributed by atoms with Crippen molar-refractivity contribution < 1.29 is 45.6 Å². The van der Waals surface area contributed by atoms with Crippen molar-refractivity contribution in [3.63, 3.8) is 0 Å². The Morgan fingerprint density at radius 1 is 1.35 bits per heavy atom. The maximum atomic E-state index is 10.3. The van der Waals surface area contributed by atoms with E-state index in [1.54, 1.807) is 0 Å². The van der Waals surface area contributed by atoms with Gasteiger partial charge in [-0.25, -0.2) is 9.63 Å². The van der Waals surface area contributed by atoms with Crippen LogP contribution in [0.15, 0.2) is 0 Å². The zero-order valence-corrected chi connectivity index (χ0v) is 9.29. The van der Waals surface area contributed by atoms with Gasteiger partial charge in [0.2, 0.25) is 6.41 Å². The number of hydrogen-bond donors (Lipinski definition) is 6. The van der Waals surface area contributed by atoms with Gasteiger partial charge in [-0.3, -0.25) is 14.5 Å². The van der Waals surface area contributed by atoms with Crippen molar-refractivity contribution in [2.24, 2.45) is 0 Å². The van der Waals surface area contributed by atoms with Crippen LogP contribution >= 0.6 is 7.82 Å². The molecule has 0 aromatic heterocycles. The molecule has 102 valence electrons. The molecule has 10 nitrogen and oxygen atoms in total. The first-order valence-corrected chi connectivity index (χ1v) is 5.72. The minimum atomic E-state index is -4.85. The average Bonchev–Trinajstić information content (AvgIpc) is 2.31. The van der Waals surface area contributed by atoms with Crippen LogP contribution in [0.4, 0.5) is 0 Å². The largest absolute Gasteiger partial charge is 0.469 e. The normalized spacial score (nSPS) is 20.0. The van der Waals surface area contributed by atoms with Gasteiger partial charge in [0.1, 0.15) is 18.3 Å². The first kappa shape index (κ1) is 14.5. The minimum absolute atomic E-state index is 0.202. The number of carbonyl (C=O) groups excluding carboxylic acids is 1. The molecule has 1 unspecified atom stereocenters. The second-order valence-corrected chi connectivity index (χ2v) is 4.21. The topological polar surface area (TPSA) is 168 Å². The van der Waals surface area contributed by atoms with Gasteiger partial charge in [0, 0.05) is 0 Å². The Bertz CT molecular complexity index is 311. The van der Waals surface area contributed by atoms with E-state index in [0.717, 1.165) is 0 Å². The van der Waals surface area contributed by atoms with Crippen LogP contribution < -0.4 is 0 Å². The molecule has 0 aromatic carbocycles. The predicted molar refractivity (Wildman–Crippen MR) is 50.6 cm³/mol. The lowest BCUT2D eigenvalue weighted by atomic mass is 10.1. The molecule has 11 heteroatoms. The van der Waals surface area contributed by atoms with E-state index in [0.29, 0.717) is 0 Å². The van der Waals surface area contributed by atoms with Crippen LogP contribution in [0, 0.1) is 0 Å². The van der Waals surface area contributed by atoms with Crippen molar-refractivity contribution in [2.75, 3.05) is 13.1 Å². The summed E-state index contributed by atoms with van der Waals surface area (Å²) in [5, 5.41) is 36.3. The summed E-state index contributed by atoms with van der Waals surface area (Å²) in [4.78, 5) is 26.7. The Morgan fingerprint density at radius 3 is 2.29 bits per heavy atom. The lowest BCUT2D eigenvalue weighted by Crippen LogP contribution is -2.45. The summed E-state index contributed by atoms with van der Waals surface area (Å²) in [5.74, 6) is 0. The van der Waals surface area contributed by atoms with Crippen LogP contribution in [0.3, 0.4) is 0 Å². The fraction of sp³-hybridized carbons (Fsp3) is 0.833. The molecule has 0 fully saturated rings. The Labute approximate surface area is 97.3 Å². The number of carbonyl (C=O) groups is 1. The molecule has 0 bridgehead atoms. The van der Waals surface area contributed by atoms with Gasteiger partial charge in [0.05, 0.1) is 14.5 Å². The SMILES string of the molecule is [2H]C([C@H](O)[C@H](O)[C@H](O)COP(=O)(O)O)N(O)C=O. The molecule has 1 amide bonds. The Morgan fingerprint density at radius 2 is 1.88 bits per heavy atom. The highest BCUT2D eigenvalue weighted by molar-refractivity contribution is 7.46. The second kappa shape index (κ2) is 6.99. The molecule has 0 saturated heterocycles. The lowest BCUT2D eigenvalue weighted by molar-refractivity contribution is -0.164. The van der Waals surface area contributed by atoms with Gasteiger partial charge in [-0.1, -0.05) is 0 Å². The quantitative estimate of drug-likeness (QED) is 0.117. The number of nitrogens with zero attached hydrogens (tertiary/aromatic N) is 1. The molecule has 0 saturated carbocycles. The van der Waals surface area contributed by atoms with Crippen LogP contribution in [0.5, 0.6) is 0 Å². The van der Waals surface area contributed by atoms with Gasteiger partial charge < -0.3 is 25.1 Å². The summed E-state index contributed by atoms with van der Waals surface area (Å²) in [7, 11) is -4.85. The molecule has 17 heavy (non-hydrogen) atoms. The van der Waals surface area contributed by atoms with E-state index in [1.807, 2.05) is 0 Å². The van der Waals surface area contributed by atoms with Crippen LogP contribution in [-0.4, -0.2) is 73.2 Å². The van der Waals surface area contributed by atoms with E-state index in [2.05, 4.69) is 4.52 Å². The number of phosphoric acid groups is 1. The standard InChI is InChI=1S/C6H14NO9P/c8-3-7(12)1-4(9)6(11)5(10)2-16-17(13,14)15/h3-6,9-12H,1-2H2,(H2,13,14,15)/t4-,5+,6-/m0/s1/i1D/t1?,4-,5+,6-. The third kappa shape index (κ3) is 7.36. The highest BCUT2D eigenvalue weighted by Gasteiger charge is 2.28. The Kier molecular flexibility index (Phi) is 5.95. The highest BCUT2D eigenvalue weighted by atomic mass is 31.2. The molecule has 4 atom stereocenters. The van der Waals surface area contributed by atoms with Crippen LogP contribution in [0.25, 0.3) is 0 Å². The average molecular weight is 276 g/mol. The third-order valence-electron chi connectivity index (χ3n) is 1.57. The summed E-state index contributed by atoms with van der Waals surface area (Å²) < 4.78 is 21.3. The fourth-order valence-electron chi connectivity index (χ4n) is 0.779.